The van der Waals surface area contributed by atoms with E-state index in [1.54, 1.807) is 6.92 Å². The van der Waals surface area contributed by atoms with E-state index in [-0.39, 0.29) is 17.3 Å². The van der Waals surface area contributed by atoms with E-state index in [0.717, 1.165) is 0 Å². The van der Waals surface area contributed by atoms with Crippen molar-refractivity contribution in [1.29, 1.82) is 0 Å². The molecular weight excluding hydrogens is 278 g/mol. The van der Waals surface area contributed by atoms with E-state index in [1.165, 1.54) is 18.2 Å². The Bertz CT molecular complexity index is 468. The predicted octanol–water partition coefficient (Wildman–Crippen LogP) is 1.92. The van der Waals surface area contributed by atoms with Crippen molar-refractivity contribution in [3.8, 4) is 0 Å². The van der Waals surface area contributed by atoms with Gasteiger partial charge in [-0.2, -0.15) is 0 Å². The van der Waals surface area contributed by atoms with Gasteiger partial charge in [-0.3, -0.25) is 10.1 Å². The zero-order chi connectivity index (χ0) is 13.7. The lowest BCUT2D eigenvalue weighted by molar-refractivity contribution is -0.384. The molecule has 1 aromatic rings. The first-order valence-electron chi connectivity index (χ1n) is 5.07. The first-order valence-corrected chi connectivity index (χ1v) is 5.85. The molecule has 0 aliphatic rings. The molecule has 0 fully saturated rings. The molecule has 0 aromatic heterocycles. The van der Waals surface area contributed by atoms with Crippen LogP contribution in [0.15, 0.2) is 18.2 Å². The van der Waals surface area contributed by atoms with E-state index in [4.69, 9.17) is 28.9 Å². The predicted molar refractivity (Wildman–Crippen MR) is 74.0 cm³/mol. The van der Waals surface area contributed by atoms with E-state index in [0.29, 0.717) is 10.7 Å². The summed E-state index contributed by atoms with van der Waals surface area (Å²) in [4.78, 5) is 10.1. The van der Waals surface area contributed by atoms with Crippen molar-refractivity contribution in [3.05, 3.63) is 33.3 Å². The number of nitro groups is 1. The molecule has 3 N–H and O–H groups in total. The number of nitrogens with zero attached hydrogens (tertiary/aromatic N) is 1. The van der Waals surface area contributed by atoms with Crippen molar-refractivity contribution < 1.29 is 10.0 Å². The van der Waals surface area contributed by atoms with Gasteiger partial charge >= 0.3 is 0 Å². The van der Waals surface area contributed by atoms with Crippen LogP contribution in [0.25, 0.3) is 0 Å². The summed E-state index contributed by atoms with van der Waals surface area (Å²) in [7, 11) is 0. The number of thiocarbonyl (C=S) groups is 1. The number of hydrogen-bond donors (Lipinski definition) is 3. The van der Waals surface area contributed by atoms with Crippen molar-refractivity contribution in [1.82, 2.24) is 5.32 Å². The van der Waals surface area contributed by atoms with E-state index in [9.17, 15) is 10.1 Å². The summed E-state index contributed by atoms with van der Waals surface area (Å²) >= 11 is 10.8. The highest BCUT2D eigenvalue weighted by molar-refractivity contribution is 7.80. The van der Waals surface area contributed by atoms with Gasteiger partial charge in [0.1, 0.15) is 0 Å². The molecule has 0 aliphatic carbocycles. The van der Waals surface area contributed by atoms with Crippen LogP contribution in [0.2, 0.25) is 5.02 Å². The molecule has 18 heavy (non-hydrogen) atoms. The van der Waals surface area contributed by atoms with Crippen LogP contribution in [0.3, 0.4) is 0 Å². The summed E-state index contributed by atoms with van der Waals surface area (Å²) in [5.74, 6) is 0. The minimum Gasteiger partial charge on any atom is -0.392 e. The second kappa shape index (κ2) is 6.48. The molecule has 1 aromatic carbocycles. The lowest BCUT2D eigenvalue weighted by atomic mass is 10.3. The number of aliphatic hydroxyl groups excluding tert-OH is 1. The van der Waals surface area contributed by atoms with Crippen molar-refractivity contribution in [2.45, 2.75) is 13.0 Å². The van der Waals surface area contributed by atoms with E-state index >= 15 is 0 Å². The minimum absolute atomic E-state index is 0.0831. The molecule has 0 spiro atoms. The Hall–Kier alpha value is -1.44. The highest BCUT2D eigenvalue weighted by atomic mass is 35.5. The fraction of sp³-hybridized carbons (Fsp3) is 0.300. The highest BCUT2D eigenvalue weighted by Gasteiger charge is 2.10. The number of benzene rings is 1. The molecule has 1 atom stereocenters. The molecule has 0 aliphatic heterocycles. The van der Waals surface area contributed by atoms with E-state index < -0.39 is 11.0 Å². The Morgan fingerprint density at radius 3 is 2.89 bits per heavy atom. The Morgan fingerprint density at radius 2 is 2.33 bits per heavy atom. The normalized spacial score (nSPS) is 11.7. The first-order chi connectivity index (χ1) is 8.40. The second-order valence-corrected chi connectivity index (χ2v) is 4.42. The Morgan fingerprint density at radius 1 is 1.67 bits per heavy atom. The quantitative estimate of drug-likeness (QED) is 0.446. The Labute approximate surface area is 114 Å². The van der Waals surface area contributed by atoms with Gasteiger partial charge in [0.25, 0.3) is 5.69 Å². The van der Waals surface area contributed by atoms with Crippen molar-refractivity contribution in [2.24, 2.45) is 0 Å². The summed E-state index contributed by atoms with van der Waals surface area (Å²) in [6, 6.07) is 4.01. The number of nitrogens with one attached hydrogen (secondary N) is 2. The molecular formula is C10H12ClN3O3S. The maximum atomic E-state index is 10.6. The third-order valence-electron chi connectivity index (χ3n) is 1.97. The maximum absolute atomic E-state index is 10.6. The molecule has 98 valence electrons. The standard InChI is InChI=1S/C10H12ClN3O3S/c1-6(15)5-12-10(18)13-9-4-7(14(16)17)2-3-8(9)11/h2-4,6,15H,5H2,1H3,(H2,12,13,18)/t6-/m0/s1. The first kappa shape index (κ1) is 14.6. The number of rotatable bonds is 4. The van der Waals surface area contributed by atoms with Gasteiger partial charge in [-0.15, -0.1) is 0 Å². The third-order valence-corrected chi connectivity index (χ3v) is 2.54. The van der Waals surface area contributed by atoms with Crippen LogP contribution in [-0.4, -0.2) is 27.8 Å². The van der Waals surface area contributed by atoms with Gasteiger partial charge in [0, 0.05) is 18.7 Å². The van der Waals surface area contributed by atoms with Crippen LogP contribution in [-0.2, 0) is 0 Å². The molecule has 0 bridgehead atoms. The summed E-state index contributed by atoms with van der Waals surface area (Å²) in [6.07, 6.45) is -0.551. The van der Waals surface area contributed by atoms with E-state index in [2.05, 4.69) is 10.6 Å². The zero-order valence-electron chi connectivity index (χ0n) is 9.51. The molecule has 0 amide bonds. The van der Waals surface area contributed by atoms with Crippen molar-refractivity contribution in [3.63, 3.8) is 0 Å². The molecule has 8 heteroatoms. The number of nitro benzene ring substituents is 1. The minimum atomic E-state index is -0.551. The van der Waals surface area contributed by atoms with E-state index in [1.807, 2.05) is 0 Å². The number of aliphatic hydroxyl groups is 1. The van der Waals surface area contributed by atoms with Crippen molar-refractivity contribution in [2.75, 3.05) is 11.9 Å². The van der Waals surface area contributed by atoms with Gasteiger partial charge in [0.2, 0.25) is 0 Å². The zero-order valence-corrected chi connectivity index (χ0v) is 11.1. The molecule has 6 nitrogen and oxygen atoms in total. The van der Waals surface area contributed by atoms with Crippen LogP contribution >= 0.6 is 23.8 Å². The highest BCUT2D eigenvalue weighted by Crippen LogP contribution is 2.26. The fourth-order valence-electron chi connectivity index (χ4n) is 1.13. The molecule has 0 radical (unpaired) electrons. The van der Waals surface area contributed by atoms with Crippen LogP contribution in [0, 0.1) is 10.1 Å². The van der Waals surface area contributed by atoms with Crippen LogP contribution in [0.5, 0.6) is 0 Å². The summed E-state index contributed by atoms with van der Waals surface area (Å²) in [6.45, 7) is 1.88. The van der Waals surface area contributed by atoms with Gasteiger partial charge in [-0.1, -0.05) is 11.6 Å². The lowest BCUT2D eigenvalue weighted by Gasteiger charge is -2.12. The topological polar surface area (TPSA) is 87.4 Å². The summed E-state index contributed by atoms with van der Waals surface area (Å²) in [5.41, 5.74) is 0.259. The van der Waals surface area contributed by atoms with Crippen LogP contribution in [0.1, 0.15) is 6.92 Å². The van der Waals surface area contributed by atoms with Gasteiger partial charge in [0.05, 0.1) is 21.7 Å². The molecule has 0 unspecified atom stereocenters. The van der Waals surface area contributed by atoms with Gasteiger partial charge in [-0.25, -0.2) is 0 Å². The molecule has 0 saturated carbocycles. The molecule has 1 rings (SSSR count). The fourth-order valence-corrected chi connectivity index (χ4v) is 1.49. The smallest absolute Gasteiger partial charge is 0.271 e. The molecule has 0 heterocycles. The Balaban J connectivity index is 2.74. The summed E-state index contributed by atoms with van der Waals surface area (Å²) < 4.78 is 0. The maximum Gasteiger partial charge on any atom is 0.271 e. The Kier molecular flexibility index (Phi) is 5.26. The molecule has 0 saturated heterocycles. The van der Waals surface area contributed by atoms with Gasteiger partial charge in [0.15, 0.2) is 5.11 Å². The number of hydrogen-bond acceptors (Lipinski definition) is 4. The number of anilines is 1. The average molecular weight is 290 g/mol. The van der Waals surface area contributed by atoms with Crippen LogP contribution in [0.4, 0.5) is 11.4 Å². The largest absolute Gasteiger partial charge is 0.392 e. The average Bonchev–Trinajstić information content (AvgIpc) is 2.29. The summed E-state index contributed by atoms with van der Waals surface area (Å²) in [5, 5.41) is 25.7. The second-order valence-electron chi connectivity index (χ2n) is 3.61. The van der Waals surface area contributed by atoms with Gasteiger partial charge < -0.3 is 15.7 Å². The third kappa shape index (κ3) is 4.44. The van der Waals surface area contributed by atoms with Gasteiger partial charge in [-0.05, 0) is 25.2 Å². The van der Waals surface area contributed by atoms with Crippen LogP contribution < -0.4 is 10.6 Å². The van der Waals surface area contributed by atoms with Crippen molar-refractivity contribution >= 4 is 40.3 Å². The lowest BCUT2D eigenvalue weighted by Crippen LogP contribution is -2.33. The number of halogens is 1. The SMILES string of the molecule is C[C@H](O)CNC(=S)Nc1cc([N+](=O)[O-])ccc1Cl. The number of non-ortho nitro benzene ring substituents is 1. The monoisotopic (exact) mass is 289 g/mol.